The summed E-state index contributed by atoms with van der Waals surface area (Å²) in [5, 5.41) is 11.7. The van der Waals surface area contributed by atoms with E-state index < -0.39 is 18.0 Å². The van der Waals surface area contributed by atoms with E-state index in [1.54, 1.807) is 61.6 Å². The van der Waals surface area contributed by atoms with Crippen LogP contribution in [0.5, 0.6) is 0 Å². The highest BCUT2D eigenvalue weighted by molar-refractivity contribution is 6.00. The van der Waals surface area contributed by atoms with Gasteiger partial charge in [-0.3, -0.25) is 14.7 Å². The van der Waals surface area contributed by atoms with E-state index in [1.807, 2.05) is 0 Å². The molecule has 2 aromatic heterocycles. The number of halogens is 1. The van der Waals surface area contributed by atoms with Gasteiger partial charge in [-0.25, -0.2) is 13.9 Å². The minimum atomic E-state index is -0.538. The van der Waals surface area contributed by atoms with Crippen LogP contribution in [0.15, 0.2) is 54.1 Å². The first-order valence-corrected chi connectivity index (χ1v) is 11.4. The summed E-state index contributed by atoms with van der Waals surface area (Å²) in [5.41, 5.74) is 2.58. The first-order valence-electron chi connectivity index (χ1n) is 11.4. The molecule has 2 aliphatic rings. The molecule has 5 rings (SSSR count). The van der Waals surface area contributed by atoms with Crippen molar-refractivity contribution in [2.75, 3.05) is 25.5 Å². The van der Waals surface area contributed by atoms with Crippen molar-refractivity contribution in [3.05, 3.63) is 60.4 Å². The molecule has 3 aromatic rings. The Morgan fingerprint density at radius 2 is 2.08 bits per heavy atom. The maximum atomic E-state index is 15.0. The highest BCUT2D eigenvalue weighted by Gasteiger charge is 2.33. The second kappa shape index (κ2) is 9.72. The van der Waals surface area contributed by atoms with Gasteiger partial charge in [-0.15, -0.1) is 5.10 Å². The van der Waals surface area contributed by atoms with Crippen molar-refractivity contribution in [3.63, 3.8) is 0 Å². The maximum Gasteiger partial charge on any atom is 0.414 e. The molecule has 2 atom stereocenters. The third-order valence-corrected chi connectivity index (χ3v) is 6.01. The number of oxime groups is 1. The van der Waals surface area contributed by atoms with Gasteiger partial charge in [0.05, 0.1) is 37.1 Å². The number of carbonyl (C=O) groups excluding carboxylic acids is 2. The van der Waals surface area contributed by atoms with Gasteiger partial charge in [-0.05, 0) is 24.3 Å². The molecule has 0 N–H and O–H groups in total. The normalized spacial score (nSPS) is 19.1. The molecule has 0 aliphatic carbocycles. The predicted molar refractivity (Wildman–Crippen MR) is 127 cm³/mol. The van der Waals surface area contributed by atoms with Crippen LogP contribution < -0.4 is 4.90 Å². The minimum absolute atomic E-state index is 0.0356. The smallest absolute Gasteiger partial charge is 0.414 e. The Labute approximate surface area is 206 Å². The van der Waals surface area contributed by atoms with Crippen LogP contribution >= 0.6 is 0 Å². The number of hydrogen-bond donors (Lipinski definition) is 0. The lowest BCUT2D eigenvalue weighted by atomic mass is 10.0. The zero-order chi connectivity index (χ0) is 25.2. The Balaban J connectivity index is 1.24. The van der Waals surface area contributed by atoms with Crippen LogP contribution in [0, 0.1) is 5.82 Å². The average Bonchev–Trinajstić information content (AvgIpc) is 3.61. The zero-order valence-corrected chi connectivity index (χ0v) is 19.7. The quantitative estimate of drug-likeness (QED) is 0.497. The van der Waals surface area contributed by atoms with Crippen molar-refractivity contribution in [2.45, 2.75) is 31.6 Å². The molecular weight excluding hydrogens is 469 g/mol. The predicted octanol–water partition coefficient (Wildman–Crippen LogP) is 2.48. The van der Waals surface area contributed by atoms with Gasteiger partial charge in [0.2, 0.25) is 5.91 Å². The van der Waals surface area contributed by atoms with Crippen molar-refractivity contribution in [1.82, 2.24) is 24.9 Å². The van der Waals surface area contributed by atoms with Gasteiger partial charge in [0, 0.05) is 44.0 Å². The lowest BCUT2D eigenvalue weighted by Gasteiger charge is -2.14. The van der Waals surface area contributed by atoms with Crippen molar-refractivity contribution in [3.8, 4) is 11.1 Å². The van der Waals surface area contributed by atoms with E-state index in [0.717, 1.165) is 0 Å². The van der Waals surface area contributed by atoms with Crippen LogP contribution in [0.3, 0.4) is 0 Å². The lowest BCUT2D eigenvalue weighted by Crippen LogP contribution is -2.26. The summed E-state index contributed by atoms with van der Waals surface area (Å²) >= 11 is 0. The Bertz CT molecular complexity index is 1290. The molecule has 2 amide bonds. The fourth-order valence-electron chi connectivity index (χ4n) is 4.06. The molecule has 0 radical (unpaired) electrons. The van der Waals surface area contributed by atoms with Gasteiger partial charge in [0.1, 0.15) is 23.7 Å². The Kier molecular flexibility index (Phi) is 6.32. The highest BCUT2D eigenvalue weighted by Crippen LogP contribution is 2.29. The molecular formula is C24H24FN7O4. The van der Waals surface area contributed by atoms with E-state index in [-0.39, 0.29) is 25.0 Å². The number of anilines is 1. The number of aromatic nitrogens is 4. The minimum Gasteiger partial charge on any atom is -0.442 e. The van der Waals surface area contributed by atoms with E-state index in [9.17, 15) is 9.59 Å². The topological polar surface area (TPSA) is 115 Å². The first-order chi connectivity index (χ1) is 17.4. The Morgan fingerprint density at radius 1 is 1.22 bits per heavy atom. The molecule has 4 heterocycles. The molecule has 0 saturated carbocycles. The van der Waals surface area contributed by atoms with Gasteiger partial charge in [0.25, 0.3) is 0 Å². The third kappa shape index (κ3) is 4.88. The van der Waals surface area contributed by atoms with Crippen molar-refractivity contribution < 1.29 is 23.6 Å². The van der Waals surface area contributed by atoms with Crippen molar-refractivity contribution in [2.24, 2.45) is 5.16 Å². The van der Waals surface area contributed by atoms with E-state index in [1.165, 1.54) is 15.9 Å². The average molecular weight is 493 g/mol. The van der Waals surface area contributed by atoms with Gasteiger partial charge in [-0.2, -0.15) is 0 Å². The fraction of sp³-hybridized carbons (Fsp3) is 0.333. The maximum absolute atomic E-state index is 15.0. The van der Waals surface area contributed by atoms with Crippen LogP contribution in [-0.2, 0) is 20.9 Å². The monoisotopic (exact) mass is 493 g/mol. The molecule has 0 spiro atoms. The van der Waals surface area contributed by atoms with Crippen LogP contribution in [0.1, 0.15) is 18.5 Å². The largest absolute Gasteiger partial charge is 0.442 e. The Hall–Kier alpha value is -4.35. The van der Waals surface area contributed by atoms with Gasteiger partial charge >= 0.3 is 6.09 Å². The second-order valence-electron chi connectivity index (χ2n) is 8.80. The van der Waals surface area contributed by atoms with Gasteiger partial charge in [-0.1, -0.05) is 16.4 Å². The van der Waals surface area contributed by atoms with Crippen molar-refractivity contribution in [1.29, 1.82) is 0 Å². The number of nitrogens with zero attached hydrogens (tertiary/aromatic N) is 7. The van der Waals surface area contributed by atoms with E-state index in [2.05, 4.69) is 20.5 Å². The number of benzene rings is 1. The zero-order valence-electron chi connectivity index (χ0n) is 19.7. The molecule has 11 nitrogen and oxygen atoms in total. The molecule has 1 saturated heterocycles. The van der Waals surface area contributed by atoms with Crippen LogP contribution in [-0.4, -0.2) is 75.4 Å². The SMILES string of the molecule is CN(C)C(=O)CC1CC(c2ccc(-c3ccc(N4C[C@H](Cn5ccnn5)OC4=O)cc3F)cn2)=NO1. The number of carbonyl (C=O) groups is 2. The number of pyridine rings is 1. The number of rotatable bonds is 7. The molecule has 186 valence electrons. The van der Waals surface area contributed by atoms with Crippen LogP contribution in [0.2, 0.25) is 0 Å². The number of ether oxygens (including phenoxy) is 1. The molecule has 36 heavy (non-hydrogen) atoms. The summed E-state index contributed by atoms with van der Waals surface area (Å²) < 4.78 is 22.0. The summed E-state index contributed by atoms with van der Waals surface area (Å²) in [6.07, 6.45) is 4.22. The van der Waals surface area contributed by atoms with Crippen LogP contribution in [0.4, 0.5) is 14.9 Å². The standard InChI is InChI=1S/C24H24FN7O4/c1-30(2)23(33)11-17-10-22(28-36-17)21-6-3-15(12-26-21)19-5-4-16(9-20(19)25)32-14-18(35-24(32)34)13-31-8-7-27-29-31/h3-9,12,17-18H,10-11,13-14H2,1-2H3/t17?,18-/m0/s1. The molecule has 1 fully saturated rings. The summed E-state index contributed by atoms with van der Waals surface area (Å²) in [6, 6.07) is 8.09. The van der Waals surface area contributed by atoms with E-state index >= 15 is 4.39 Å². The van der Waals surface area contributed by atoms with Crippen LogP contribution in [0.25, 0.3) is 11.1 Å². The van der Waals surface area contributed by atoms with E-state index in [0.29, 0.717) is 41.2 Å². The summed E-state index contributed by atoms with van der Waals surface area (Å²) in [6.45, 7) is 0.642. The molecule has 1 aromatic carbocycles. The van der Waals surface area contributed by atoms with Gasteiger partial charge < -0.3 is 14.5 Å². The van der Waals surface area contributed by atoms with Gasteiger partial charge in [0.15, 0.2) is 0 Å². The molecule has 1 unspecified atom stereocenters. The third-order valence-electron chi connectivity index (χ3n) is 6.01. The van der Waals surface area contributed by atoms with Crippen molar-refractivity contribution >= 4 is 23.4 Å². The Morgan fingerprint density at radius 3 is 2.78 bits per heavy atom. The number of cyclic esters (lactones) is 1. The molecule has 2 aliphatic heterocycles. The highest BCUT2D eigenvalue weighted by atomic mass is 19.1. The van der Waals surface area contributed by atoms with E-state index in [4.69, 9.17) is 9.57 Å². The number of amides is 2. The number of hydrogen-bond acceptors (Lipinski definition) is 8. The fourth-order valence-corrected chi connectivity index (χ4v) is 4.06. The summed E-state index contributed by atoms with van der Waals surface area (Å²) in [7, 11) is 3.39. The first kappa shape index (κ1) is 23.4. The summed E-state index contributed by atoms with van der Waals surface area (Å²) in [5.74, 6) is -0.523. The molecule has 12 heteroatoms. The lowest BCUT2D eigenvalue weighted by molar-refractivity contribution is -0.131. The summed E-state index contributed by atoms with van der Waals surface area (Å²) in [4.78, 5) is 36.9. The molecule has 0 bridgehead atoms. The second-order valence-corrected chi connectivity index (χ2v) is 8.80.